The van der Waals surface area contributed by atoms with Crippen LogP contribution in [0.5, 0.6) is 0 Å². The van der Waals surface area contributed by atoms with Crippen LogP contribution in [0, 0.1) is 5.92 Å². The summed E-state index contributed by atoms with van der Waals surface area (Å²) in [6, 6.07) is 0.379. The summed E-state index contributed by atoms with van der Waals surface area (Å²) in [6.45, 7) is 2.55. The SMILES string of the molecule is C[C@H]1CCNC(=O)[C@H]1NC(=O)Nc1cc(Cl)c(Cl)cn1. The number of aromatic nitrogens is 1. The summed E-state index contributed by atoms with van der Waals surface area (Å²) >= 11 is 11.6. The van der Waals surface area contributed by atoms with E-state index in [0.717, 1.165) is 6.42 Å². The van der Waals surface area contributed by atoms with Gasteiger partial charge in [0.05, 0.1) is 10.0 Å². The van der Waals surface area contributed by atoms with Crippen LogP contribution >= 0.6 is 23.2 Å². The highest BCUT2D eigenvalue weighted by atomic mass is 35.5. The third kappa shape index (κ3) is 3.52. The van der Waals surface area contributed by atoms with Crippen LogP contribution in [0.1, 0.15) is 13.3 Å². The Morgan fingerprint density at radius 3 is 2.85 bits per heavy atom. The molecule has 1 saturated heterocycles. The Balaban J connectivity index is 1.98. The quantitative estimate of drug-likeness (QED) is 0.780. The van der Waals surface area contributed by atoms with Crippen LogP contribution in [-0.4, -0.2) is 29.5 Å². The van der Waals surface area contributed by atoms with E-state index in [9.17, 15) is 9.59 Å². The number of hydrogen-bond donors (Lipinski definition) is 3. The Labute approximate surface area is 126 Å². The Morgan fingerprint density at radius 1 is 1.45 bits per heavy atom. The molecule has 0 aromatic carbocycles. The van der Waals surface area contributed by atoms with Gasteiger partial charge in [0.15, 0.2) is 0 Å². The van der Waals surface area contributed by atoms with Crippen molar-refractivity contribution in [2.24, 2.45) is 5.92 Å². The number of hydrogen-bond acceptors (Lipinski definition) is 3. The Bertz CT molecular complexity index is 538. The first-order valence-electron chi connectivity index (χ1n) is 6.13. The summed E-state index contributed by atoms with van der Waals surface area (Å²) in [7, 11) is 0. The van der Waals surface area contributed by atoms with E-state index in [0.29, 0.717) is 16.6 Å². The topological polar surface area (TPSA) is 83.1 Å². The van der Waals surface area contributed by atoms with Gasteiger partial charge in [0, 0.05) is 18.8 Å². The second-order valence-electron chi connectivity index (χ2n) is 4.62. The van der Waals surface area contributed by atoms with E-state index >= 15 is 0 Å². The van der Waals surface area contributed by atoms with Crippen molar-refractivity contribution in [1.29, 1.82) is 0 Å². The minimum atomic E-state index is -0.550. The lowest BCUT2D eigenvalue weighted by Crippen LogP contribution is -2.55. The molecular formula is C12H14Cl2N4O2. The predicted molar refractivity (Wildman–Crippen MR) is 77.0 cm³/mol. The average molecular weight is 317 g/mol. The first kappa shape index (κ1) is 14.9. The van der Waals surface area contributed by atoms with Gasteiger partial charge in [0.1, 0.15) is 11.9 Å². The molecule has 0 radical (unpaired) electrons. The fourth-order valence-electron chi connectivity index (χ4n) is 1.94. The molecule has 1 aliphatic rings. The summed E-state index contributed by atoms with van der Waals surface area (Å²) < 4.78 is 0. The fraction of sp³-hybridized carbons (Fsp3) is 0.417. The molecule has 2 rings (SSSR count). The zero-order valence-electron chi connectivity index (χ0n) is 10.7. The molecule has 6 nitrogen and oxygen atoms in total. The van der Waals surface area contributed by atoms with E-state index in [1.165, 1.54) is 12.3 Å². The Morgan fingerprint density at radius 2 is 2.20 bits per heavy atom. The van der Waals surface area contributed by atoms with Gasteiger partial charge in [-0.1, -0.05) is 30.1 Å². The molecule has 1 aromatic rings. The van der Waals surface area contributed by atoms with E-state index in [2.05, 4.69) is 20.9 Å². The minimum Gasteiger partial charge on any atom is -0.354 e. The van der Waals surface area contributed by atoms with Crippen LogP contribution in [0.2, 0.25) is 10.0 Å². The van der Waals surface area contributed by atoms with Crippen LogP contribution in [-0.2, 0) is 4.79 Å². The molecule has 0 saturated carbocycles. The number of piperidine rings is 1. The molecule has 1 aliphatic heterocycles. The smallest absolute Gasteiger partial charge is 0.321 e. The standard InChI is InChI=1S/C12H14Cl2N4O2/c1-6-2-3-15-11(19)10(6)18-12(20)17-9-4-7(13)8(14)5-16-9/h4-6,10H,2-3H2,1H3,(H,15,19)(H2,16,17,18,20)/t6-,10-/m0/s1. The van der Waals surface area contributed by atoms with Crippen LogP contribution in [0.4, 0.5) is 10.6 Å². The van der Waals surface area contributed by atoms with Crippen LogP contribution < -0.4 is 16.0 Å². The summed E-state index contributed by atoms with van der Waals surface area (Å²) in [5.74, 6) is 0.165. The van der Waals surface area contributed by atoms with Gasteiger partial charge in [-0.25, -0.2) is 9.78 Å². The number of nitrogens with one attached hydrogen (secondary N) is 3. The van der Waals surface area contributed by atoms with Crippen molar-refractivity contribution in [3.63, 3.8) is 0 Å². The lowest BCUT2D eigenvalue weighted by atomic mass is 9.94. The van der Waals surface area contributed by atoms with E-state index in [1.54, 1.807) is 0 Å². The van der Waals surface area contributed by atoms with Crippen molar-refractivity contribution in [2.75, 3.05) is 11.9 Å². The lowest BCUT2D eigenvalue weighted by molar-refractivity contribution is -0.125. The maximum Gasteiger partial charge on any atom is 0.321 e. The van der Waals surface area contributed by atoms with Gasteiger partial charge in [-0.15, -0.1) is 0 Å². The summed E-state index contributed by atoms with van der Waals surface area (Å²) in [6.07, 6.45) is 2.16. The first-order chi connectivity index (χ1) is 9.47. The number of anilines is 1. The van der Waals surface area contributed by atoms with Gasteiger partial charge in [0.2, 0.25) is 5.91 Å². The van der Waals surface area contributed by atoms with Gasteiger partial charge < -0.3 is 10.6 Å². The summed E-state index contributed by atoms with van der Waals surface area (Å²) in [4.78, 5) is 27.5. The molecule has 3 amide bonds. The molecule has 2 atom stereocenters. The van der Waals surface area contributed by atoms with E-state index in [-0.39, 0.29) is 17.6 Å². The van der Waals surface area contributed by atoms with Crippen molar-refractivity contribution in [1.82, 2.24) is 15.6 Å². The largest absolute Gasteiger partial charge is 0.354 e. The Hall–Kier alpha value is -1.53. The molecule has 8 heteroatoms. The molecule has 0 aliphatic carbocycles. The fourth-order valence-corrected chi connectivity index (χ4v) is 2.20. The van der Waals surface area contributed by atoms with E-state index < -0.39 is 12.1 Å². The third-order valence-corrected chi connectivity index (χ3v) is 3.80. The molecule has 0 bridgehead atoms. The van der Waals surface area contributed by atoms with Crippen molar-refractivity contribution in [3.8, 4) is 0 Å². The molecule has 2 heterocycles. The van der Waals surface area contributed by atoms with Crippen molar-refractivity contribution < 1.29 is 9.59 Å². The van der Waals surface area contributed by atoms with Gasteiger partial charge in [0.25, 0.3) is 0 Å². The zero-order valence-corrected chi connectivity index (χ0v) is 12.3. The lowest BCUT2D eigenvalue weighted by Gasteiger charge is -2.28. The third-order valence-electron chi connectivity index (χ3n) is 3.09. The number of urea groups is 1. The number of carbonyl (C=O) groups is 2. The predicted octanol–water partition coefficient (Wildman–Crippen LogP) is 2.03. The molecule has 0 unspecified atom stereocenters. The number of pyridine rings is 1. The second kappa shape index (κ2) is 6.28. The van der Waals surface area contributed by atoms with Gasteiger partial charge in [-0.3, -0.25) is 10.1 Å². The molecule has 1 fully saturated rings. The van der Waals surface area contributed by atoms with E-state index in [1.807, 2.05) is 6.92 Å². The average Bonchev–Trinajstić information content (AvgIpc) is 2.38. The molecule has 1 aromatic heterocycles. The van der Waals surface area contributed by atoms with Crippen LogP contribution in [0.3, 0.4) is 0 Å². The van der Waals surface area contributed by atoms with Gasteiger partial charge in [-0.2, -0.15) is 0 Å². The van der Waals surface area contributed by atoms with Crippen LogP contribution in [0.25, 0.3) is 0 Å². The summed E-state index contributed by atoms with van der Waals surface area (Å²) in [5.41, 5.74) is 0. The number of amides is 3. The Kier molecular flexibility index (Phi) is 4.67. The first-order valence-corrected chi connectivity index (χ1v) is 6.89. The maximum absolute atomic E-state index is 11.8. The number of nitrogens with zero attached hydrogens (tertiary/aromatic N) is 1. The van der Waals surface area contributed by atoms with E-state index in [4.69, 9.17) is 23.2 Å². The highest BCUT2D eigenvalue weighted by Gasteiger charge is 2.30. The molecule has 20 heavy (non-hydrogen) atoms. The maximum atomic E-state index is 11.8. The number of halogens is 2. The van der Waals surface area contributed by atoms with Crippen molar-refractivity contribution >= 4 is 41.0 Å². The highest BCUT2D eigenvalue weighted by Crippen LogP contribution is 2.22. The normalized spacial score (nSPS) is 22.1. The van der Waals surface area contributed by atoms with Gasteiger partial charge >= 0.3 is 6.03 Å². The van der Waals surface area contributed by atoms with Crippen LogP contribution in [0.15, 0.2) is 12.3 Å². The summed E-state index contributed by atoms with van der Waals surface area (Å²) in [5, 5.41) is 8.45. The number of rotatable bonds is 2. The monoisotopic (exact) mass is 316 g/mol. The highest BCUT2D eigenvalue weighted by molar-refractivity contribution is 6.42. The zero-order chi connectivity index (χ0) is 14.7. The van der Waals surface area contributed by atoms with Crippen molar-refractivity contribution in [2.45, 2.75) is 19.4 Å². The minimum absolute atomic E-state index is 0.0799. The second-order valence-corrected chi connectivity index (χ2v) is 5.43. The molecule has 3 N–H and O–H groups in total. The van der Waals surface area contributed by atoms with Crippen molar-refractivity contribution in [3.05, 3.63) is 22.3 Å². The molecule has 0 spiro atoms. The number of carbonyl (C=O) groups excluding carboxylic acids is 2. The van der Waals surface area contributed by atoms with Gasteiger partial charge in [-0.05, 0) is 12.3 Å². The molecule has 108 valence electrons. The molecular weight excluding hydrogens is 303 g/mol.